The Morgan fingerprint density at radius 1 is 0.987 bits per heavy atom. The van der Waals surface area contributed by atoms with Gasteiger partial charge in [-0.1, -0.05) is 63.2 Å². The molecule has 1 aliphatic heterocycles. The fraction of sp³-hybridized carbons (Fsp3) is 0.346. The molecule has 0 unspecified atom stereocenters. The number of esters is 1. The Balaban J connectivity index is 0.898. The number of nitrogens with one attached hydrogen (secondary N) is 5. The third-order valence-corrected chi connectivity index (χ3v) is 14.5. The SMILES string of the molecule is CCS(=O)(=O)Nc1ccc(-c2[nH]nc(Nc3ccc(C(=O)OCCOCC(=O)N[C@H](C(=O)N4C[C@H](O)C[C@H]4C(=O)NCc4ccc(-c5scnc5C)cc4)C(C)(C)C)cn3)c2C(N)=O)cc1O[C@@H](C)c1ccc(F)cc1. The minimum atomic E-state index is -3.74. The van der Waals surface area contributed by atoms with Gasteiger partial charge in [0, 0.05) is 31.3 Å². The number of nitrogens with two attached hydrogens (primary N) is 1. The number of aromatic amines is 1. The number of carbonyl (C=O) groups excluding carboxylic acids is 5. The number of aliphatic hydroxyl groups is 1. The van der Waals surface area contributed by atoms with E-state index in [1.54, 1.807) is 44.5 Å². The molecule has 402 valence electrons. The molecule has 0 radical (unpaired) electrons. The van der Waals surface area contributed by atoms with Crippen molar-refractivity contribution in [3.63, 3.8) is 0 Å². The summed E-state index contributed by atoms with van der Waals surface area (Å²) in [5.41, 5.74) is 10.8. The molecule has 24 heteroatoms. The van der Waals surface area contributed by atoms with E-state index in [4.69, 9.17) is 19.9 Å². The molecule has 4 atom stereocenters. The number of H-pyrrole nitrogens is 1. The number of amides is 4. The van der Waals surface area contributed by atoms with Crippen molar-refractivity contribution in [2.45, 2.75) is 78.8 Å². The number of anilines is 3. The summed E-state index contributed by atoms with van der Waals surface area (Å²) in [6.45, 7) is 9.62. The number of benzene rings is 3. The lowest BCUT2D eigenvalue weighted by Crippen LogP contribution is -2.58. The highest BCUT2D eigenvalue weighted by Crippen LogP contribution is 2.37. The van der Waals surface area contributed by atoms with E-state index in [0.29, 0.717) is 11.1 Å². The Kier molecular flexibility index (Phi) is 17.8. The lowest BCUT2D eigenvalue weighted by Gasteiger charge is -2.35. The second kappa shape index (κ2) is 24.3. The van der Waals surface area contributed by atoms with Crippen LogP contribution in [0.1, 0.15) is 84.7 Å². The average molecular weight is 1080 g/mol. The van der Waals surface area contributed by atoms with Crippen LogP contribution >= 0.6 is 11.3 Å². The van der Waals surface area contributed by atoms with Crippen LogP contribution in [0.5, 0.6) is 5.75 Å². The number of β-amino-alcohol motifs (C(OH)–C–C–N with tert-alkyl or cyclic N) is 1. The highest BCUT2D eigenvalue weighted by atomic mass is 32.2. The lowest BCUT2D eigenvalue weighted by molar-refractivity contribution is -0.144. The van der Waals surface area contributed by atoms with Crippen molar-refractivity contribution in [3.8, 4) is 27.4 Å². The molecule has 0 spiro atoms. The van der Waals surface area contributed by atoms with Crippen LogP contribution in [0.25, 0.3) is 21.7 Å². The van der Waals surface area contributed by atoms with Crippen LogP contribution in [0.15, 0.2) is 90.6 Å². The van der Waals surface area contributed by atoms with Crippen LogP contribution < -0.4 is 31.1 Å². The Bertz CT molecular complexity index is 3160. The van der Waals surface area contributed by atoms with Crippen LogP contribution in [0, 0.1) is 18.2 Å². The van der Waals surface area contributed by atoms with Gasteiger partial charge in [0.25, 0.3) is 5.91 Å². The third kappa shape index (κ3) is 14.1. The Morgan fingerprint density at radius 3 is 2.36 bits per heavy atom. The van der Waals surface area contributed by atoms with Crippen molar-refractivity contribution in [3.05, 3.63) is 124 Å². The number of likely N-dealkylation sites (tertiary alicyclic amines) is 1. The number of pyridine rings is 1. The van der Waals surface area contributed by atoms with Gasteiger partial charge in [-0.15, -0.1) is 11.3 Å². The van der Waals surface area contributed by atoms with Gasteiger partial charge in [0.2, 0.25) is 27.7 Å². The molecule has 8 N–H and O–H groups in total. The number of aryl methyl sites for hydroxylation is 1. The van der Waals surface area contributed by atoms with E-state index in [9.17, 15) is 41.9 Å². The molecule has 6 aromatic rings. The number of sulfonamides is 1. The fourth-order valence-electron chi connectivity index (χ4n) is 8.11. The predicted octanol–water partition coefficient (Wildman–Crippen LogP) is 5.77. The summed E-state index contributed by atoms with van der Waals surface area (Å²) in [5, 5.41) is 26.1. The maximum atomic E-state index is 14.0. The number of aromatic nitrogens is 4. The number of ether oxygens (including phenoxy) is 3. The van der Waals surface area contributed by atoms with Gasteiger partial charge in [0.05, 0.1) is 51.5 Å². The van der Waals surface area contributed by atoms with Gasteiger partial charge in [-0.2, -0.15) is 5.10 Å². The van der Waals surface area contributed by atoms with Crippen molar-refractivity contribution in [2.75, 3.05) is 42.2 Å². The number of nitrogens with zero attached hydrogens (tertiary/aromatic N) is 4. The molecular weight excluding hydrogens is 1020 g/mol. The van der Waals surface area contributed by atoms with Crippen LogP contribution in [-0.4, -0.2) is 118 Å². The van der Waals surface area contributed by atoms with Crippen LogP contribution in [0.2, 0.25) is 0 Å². The van der Waals surface area contributed by atoms with Gasteiger partial charge in [-0.25, -0.2) is 27.6 Å². The second-order valence-electron chi connectivity index (χ2n) is 18.9. The van der Waals surface area contributed by atoms with Crippen LogP contribution in [0.3, 0.4) is 0 Å². The molecule has 76 heavy (non-hydrogen) atoms. The van der Waals surface area contributed by atoms with E-state index in [0.717, 1.165) is 21.7 Å². The summed E-state index contributed by atoms with van der Waals surface area (Å²) < 4.78 is 58.2. The Morgan fingerprint density at radius 2 is 1.71 bits per heavy atom. The van der Waals surface area contributed by atoms with E-state index >= 15 is 0 Å². The number of carbonyl (C=O) groups is 5. The number of rotatable bonds is 22. The van der Waals surface area contributed by atoms with E-state index in [1.165, 1.54) is 72.6 Å². The standard InChI is InChI=1S/C52H59FN10O11S2/c1-7-76(70,71)62-38-18-14-34(22-40(38)74-30(3)32-12-16-36(53)17-13-32)44-43(47(54)66)48(61-60-44)58-41-19-15-35(25-55-41)51(69)73-21-20-72-27-42(65)59-46(52(4,5)6)50(68)63-26-37(64)23-39(63)49(67)56-24-31-8-10-33(11-9-31)45-29(2)57-28-75-45/h8-19,22,25,28,30,37,39,46,62,64H,7,20-21,23-24,26-27H2,1-6H3,(H2,54,66)(H,56,67)(H,59,65)(H2,55,58,60,61)/t30-,37+,39-,46+/m0/s1. The van der Waals surface area contributed by atoms with Crippen molar-refractivity contribution in [2.24, 2.45) is 11.1 Å². The molecule has 0 saturated carbocycles. The number of hydrogen-bond acceptors (Lipinski definition) is 16. The molecule has 0 aliphatic carbocycles. The zero-order chi connectivity index (χ0) is 54.9. The zero-order valence-electron chi connectivity index (χ0n) is 42.5. The molecule has 0 bridgehead atoms. The minimum Gasteiger partial charge on any atom is -0.484 e. The summed E-state index contributed by atoms with van der Waals surface area (Å²) in [4.78, 5) is 77.3. The first-order chi connectivity index (χ1) is 36.1. The molecule has 4 amide bonds. The van der Waals surface area contributed by atoms with Gasteiger partial charge in [-0.3, -0.25) is 29.0 Å². The Labute approximate surface area is 442 Å². The monoisotopic (exact) mass is 1080 g/mol. The largest absolute Gasteiger partial charge is 0.484 e. The first kappa shape index (κ1) is 55.9. The van der Waals surface area contributed by atoms with Gasteiger partial charge in [-0.05, 0) is 79.3 Å². The molecule has 1 saturated heterocycles. The zero-order valence-corrected chi connectivity index (χ0v) is 44.1. The summed E-state index contributed by atoms with van der Waals surface area (Å²) in [7, 11) is -3.74. The highest BCUT2D eigenvalue weighted by molar-refractivity contribution is 7.92. The van der Waals surface area contributed by atoms with Gasteiger partial charge in [0.1, 0.15) is 54.3 Å². The van der Waals surface area contributed by atoms with Crippen molar-refractivity contribution >= 4 is 68.3 Å². The highest BCUT2D eigenvalue weighted by Gasteiger charge is 2.44. The number of hydrogen-bond donors (Lipinski definition) is 7. The van der Waals surface area contributed by atoms with Gasteiger partial charge >= 0.3 is 5.97 Å². The molecule has 4 heterocycles. The summed E-state index contributed by atoms with van der Waals surface area (Å²) in [5.74, 6) is -3.63. The normalized spacial score (nSPS) is 15.3. The van der Waals surface area contributed by atoms with Crippen LogP contribution in [-0.2, 0) is 40.4 Å². The number of halogens is 1. The minimum absolute atomic E-state index is 0.0128. The topological polar surface area (TPSA) is 299 Å². The number of primary amides is 1. The fourth-order valence-corrected chi connectivity index (χ4v) is 9.57. The molecule has 3 aromatic heterocycles. The van der Waals surface area contributed by atoms with E-state index < -0.39 is 81.8 Å². The molecular formula is C52H59FN10O11S2. The third-order valence-electron chi connectivity index (χ3n) is 12.2. The van der Waals surface area contributed by atoms with E-state index in [-0.39, 0.29) is 78.4 Å². The maximum absolute atomic E-state index is 14.0. The van der Waals surface area contributed by atoms with E-state index in [2.05, 4.69) is 40.8 Å². The first-order valence-electron chi connectivity index (χ1n) is 24.1. The number of thiazole rings is 1. The smallest absolute Gasteiger partial charge is 0.339 e. The quantitative estimate of drug-likeness (QED) is 0.0314. The number of aliphatic hydroxyl groups excluding tert-OH is 1. The predicted molar refractivity (Wildman–Crippen MR) is 281 cm³/mol. The molecule has 3 aromatic carbocycles. The van der Waals surface area contributed by atoms with Gasteiger partial charge in [0.15, 0.2) is 5.82 Å². The molecule has 1 aliphatic rings. The first-order valence-corrected chi connectivity index (χ1v) is 26.6. The molecule has 21 nitrogen and oxygen atoms in total. The van der Waals surface area contributed by atoms with Crippen LogP contribution in [0.4, 0.5) is 21.7 Å². The Hall–Kier alpha value is -7.80. The van der Waals surface area contributed by atoms with Gasteiger partial charge < -0.3 is 45.9 Å². The summed E-state index contributed by atoms with van der Waals surface area (Å²) >= 11 is 1.54. The molecule has 1 fully saturated rings. The molecule has 7 rings (SSSR count). The maximum Gasteiger partial charge on any atom is 0.339 e. The van der Waals surface area contributed by atoms with Crippen molar-refractivity contribution in [1.82, 2.24) is 35.7 Å². The average Bonchev–Trinajstić information content (AvgIpc) is 4.13. The summed E-state index contributed by atoms with van der Waals surface area (Å²) in [6, 6.07) is 18.6. The second-order valence-corrected chi connectivity index (χ2v) is 21.8. The summed E-state index contributed by atoms with van der Waals surface area (Å²) in [6.07, 6.45) is -0.342. The van der Waals surface area contributed by atoms with E-state index in [1.807, 2.05) is 31.2 Å². The lowest BCUT2D eigenvalue weighted by atomic mass is 9.85. The van der Waals surface area contributed by atoms with Crippen molar-refractivity contribution < 1.29 is 56.1 Å². The van der Waals surface area contributed by atoms with Crippen molar-refractivity contribution in [1.29, 1.82) is 0 Å².